The van der Waals surface area contributed by atoms with Crippen LogP contribution < -0.4 is 16.5 Å². The van der Waals surface area contributed by atoms with Crippen molar-refractivity contribution < 1.29 is 19.0 Å². The van der Waals surface area contributed by atoms with E-state index >= 15 is 0 Å². The number of hydrogen-bond acceptors (Lipinski definition) is 7. The van der Waals surface area contributed by atoms with Gasteiger partial charge in [0.2, 0.25) is 0 Å². The topological polar surface area (TPSA) is 110 Å². The van der Waals surface area contributed by atoms with Crippen LogP contribution in [0, 0.1) is 11.7 Å². The van der Waals surface area contributed by atoms with Crippen molar-refractivity contribution in [3.05, 3.63) is 22.5 Å². The van der Waals surface area contributed by atoms with Gasteiger partial charge >= 0.3 is 5.69 Å². The lowest BCUT2D eigenvalue weighted by molar-refractivity contribution is -0.312. The Labute approximate surface area is 124 Å². The molecular formula is C12H15FN3O4S-. The van der Waals surface area contributed by atoms with Crippen LogP contribution in [-0.2, 0) is 9.53 Å². The third kappa shape index (κ3) is 3.53. The van der Waals surface area contributed by atoms with Gasteiger partial charge in [-0.05, 0) is 12.8 Å². The third-order valence-corrected chi connectivity index (χ3v) is 4.43. The minimum Gasteiger partial charge on any atom is -0.550 e. The van der Waals surface area contributed by atoms with E-state index in [0.29, 0.717) is 12.2 Å². The minimum absolute atomic E-state index is 0.277. The Bertz CT molecular complexity index is 594. The van der Waals surface area contributed by atoms with E-state index in [1.54, 1.807) is 6.92 Å². The van der Waals surface area contributed by atoms with Gasteiger partial charge in [-0.3, -0.25) is 4.57 Å². The fraction of sp³-hybridized carbons (Fsp3) is 0.583. The van der Waals surface area contributed by atoms with E-state index in [-0.39, 0.29) is 11.9 Å². The second-order valence-corrected chi connectivity index (χ2v) is 5.87. The first-order chi connectivity index (χ1) is 9.92. The SMILES string of the molecule is CCC(CC1OC(n2cc(F)c(N)nc2=O)CS1)C(=O)[O-]. The number of rotatable bonds is 5. The summed E-state index contributed by atoms with van der Waals surface area (Å²) in [6.45, 7) is 1.75. The third-order valence-electron chi connectivity index (χ3n) is 3.28. The molecule has 21 heavy (non-hydrogen) atoms. The van der Waals surface area contributed by atoms with E-state index in [0.717, 1.165) is 10.8 Å². The number of nitrogen functional groups attached to an aromatic ring is 1. The predicted molar refractivity (Wildman–Crippen MR) is 72.6 cm³/mol. The molecular weight excluding hydrogens is 301 g/mol. The lowest BCUT2D eigenvalue weighted by Crippen LogP contribution is -2.33. The Morgan fingerprint density at radius 3 is 3.10 bits per heavy atom. The summed E-state index contributed by atoms with van der Waals surface area (Å²) >= 11 is 1.37. The number of nitrogens with two attached hydrogens (primary N) is 1. The molecule has 2 rings (SSSR count). The molecule has 1 aromatic rings. The van der Waals surface area contributed by atoms with Gasteiger partial charge in [0, 0.05) is 17.6 Å². The number of carboxylic acid groups (broad SMARTS) is 1. The summed E-state index contributed by atoms with van der Waals surface area (Å²) in [5.41, 5.74) is 4.13. The molecule has 1 aliphatic rings. The number of ether oxygens (including phenoxy) is 1. The van der Waals surface area contributed by atoms with Crippen LogP contribution in [0.3, 0.4) is 0 Å². The molecule has 0 amide bonds. The molecule has 2 heterocycles. The largest absolute Gasteiger partial charge is 0.550 e. The van der Waals surface area contributed by atoms with Crippen molar-refractivity contribution >= 4 is 23.5 Å². The first kappa shape index (κ1) is 15.8. The van der Waals surface area contributed by atoms with E-state index in [1.807, 2.05) is 0 Å². The van der Waals surface area contributed by atoms with Gasteiger partial charge < -0.3 is 20.4 Å². The van der Waals surface area contributed by atoms with Crippen LogP contribution in [0.4, 0.5) is 10.2 Å². The summed E-state index contributed by atoms with van der Waals surface area (Å²) in [4.78, 5) is 26.0. The second-order valence-electron chi connectivity index (χ2n) is 4.68. The van der Waals surface area contributed by atoms with Crippen LogP contribution in [0.1, 0.15) is 26.0 Å². The molecule has 0 saturated carbocycles. The Morgan fingerprint density at radius 2 is 2.48 bits per heavy atom. The van der Waals surface area contributed by atoms with Gasteiger partial charge in [-0.15, -0.1) is 11.8 Å². The van der Waals surface area contributed by atoms with Crippen LogP contribution in [-0.4, -0.2) is 26.7 Å². The maximum atomic E-state index is 13.4. The summed E-state index contributed by atoms with van der Waals surface area (Å²) in [5, 5.41) is 10.9. The molecule has 1 fully saturated rings. The molecule has 0 bridgehead atoms. The average molecular weight is 316 g/mol. The summed E-state index contributed by atoms with van der Waals surface area (Å²) < 4.78 is 20.0. The number of thioether (sulfide) groups is 1. The number of halogens is 1. The molecule has 1 aliphatic heterocycles. The molecule has 0 aromatic carbocycles. The minimum atomic E-state index is -1.12. The summed E-state index contributed by atoms with van der Waals surface area (Å²) in [6.07, 6.45) is 0.980. The molecule has 0 spiro atoms. The molecule has 7 nitrogen and oxygen atoms in total. The first-order valence-corrected chi connectivity index (χ1v) is 7.49. The van der Waals surface area contributed by atoms with Crippen LogP contribution in [0.15, 0.2) is 11.0 Å². The fourth-order valence-electron chi connectivity index (χ4n) is 2.04. The van der Waals surface area contributed by atoms with Crippen molar-refractivity contribution in [3.8, 4) is 0 Å². The van der Waals surface area contributed by atoms with Gasteiger partial charge in [-0.2, -0.15) is 4.98 Å². The van der Waals surface area contributed by atoms with E-state index in [9.17, 15) is 19.1 Å². The molecule has 1 aromatic heterocycles. The first-order valence-electron chi connectivity index (χ1n) is 6.44. The molecule has 3 atom stereocenters. The van der Waals surface area contributed by atoms with Gasteiger partial charge in [-0.1, -0.05) is 6.92 Å². The van der Waals surface area contributed by atoms with Crippen molar-refractivity contribution in [3.63, 3.8) is 0 Å². The highest BCUT2D eigenvalue weighted by atomic mass is 32.2. The zero-order chi connectivity index (χ0) is 15.6. The molecule has 3 unspecified atom stereocenters. The van der Waals surface area contributed by atoms with Crippen LogP contribution in [0.2, 0.25) is 0 Å². The maximum absolute atomic E-state index is 13.4. The van der Waals surface area contributed by atoms with Crippen LogP contribution in [0.25, 0.3) is 0 Å². The van der Waals surface area contributed by atoms with Gasteiger partial charge in [0.1, 0.15) is 11.7 Å². The Balaban J connectivity index is 2.07. The standard InChI is InChI=1S/C12H16FN3O4S/c1-2-6(11(17)18)3-9-20-8(5-21-9)16-4-7(13)10(14)15-12(16)19/h4,6,8-9H,2-3,5H2,1H3,(H,17,18)(H2,14,15,19)/p-1. The molecule has 9 heteroatoms. The maximum Gasteiger partial charge on any atom is 0.351 e. The number of carbonyl (C=O) groups is 1. The van der Waals surface area contributed by atoms with E-state index < -0.39 is 35.4 Å². The average Bonchev–Trinajstić information content (AvgIpc) is 2.88. The van der Waals surface area contributed by atoms with Crippen molar-refractivity contribution in [1.82, 2.24) is 9.55 Å². The smallest absolute Gasteiger partial charge is 0.351 e. The molecule has 0 aliphatic carbocycles. The second kappa shape index (κ2) is 6.44. The number of aromatic nitrogens is 2. The highest BCUT2D eigenvalue weighted by Crippen LogP contribution is 2.35. The van der Waals surface area contributed by atoms with Crippen LogP contribution in [0.5, 0.6) is 0 Å². The molecule has 0 radical (unpaired) electrons. The fourth-order valence-corrected chi connectivity index (χ4v) is 3.23. The van der Waals surface area contributed by atoms with Crippen molar-refractivity contribution in [2.45, 2.75) is 31.4 Å². The zero-order valence-electron chi connectivity index (χ0n) is 11.3. The summed E-state index contributed by atoms with van der Waals surface area (Å²) in [6, 6.07) is 0. The number of carbonyl (C=O) groups excluding carboxylic acids is 1. The zero-order valence-corrected chi connectivity index (χ0v) is 12.1. The van der Waals surface area contributed by atoms with Gasteiger partial charge in [-0.25, -0.2) is 9.18 Å². The van der Waals surface area contributed by atoms with E-state index in [1.165, 1.54) is 11.8 Å². The number of hydrogen-bond donors (Lipinski definition) is 1. The number of aliphatic carboxylic acids is 1. The van der Waals surface area contributed by atoms with Gasteiger partial charge in [0.25, 0.3) is 0 Å². The summed E-state index contributed by atoms with van der Waals surface area (Å²) in [5.74, 6) is -2.59. The summed E-state index contributed by atoms with van der Waals surface area (Å²) in [7, 11) is 0. The number of nitrogens with zero attached hydrogens (tertiary/aromatic N) is 2. The normalized spacial score (nSPS) is 23.1. The lowest BCUT2D eigenvalue weighted by atomic mass is 10.0. The van der Waals surface area contributed by atoms with E-state index in [4.69, 9.17) is 10.5 Å². The number of carboxylic acids is 1. The Morgan fingerprint density at radius 1 is 1.76 bits per heavy atom. The van der Waals surface area contributed by atoms with Crippen molar-refractivity contribution in [2.24, 2.45) is 5.92 Å². The Kier molecular flexibility index (Phi) is 4.84. The van der Waals surface area contributed by atoms with E-state index in [2.05, 4.69) is 4.98 Å². The van der Waals surface area contributed by atoms with Gasteiger partial charge in [0.05, 0.1) is 6.20 Å². The molecule has 2 N–H and O–H groups in total. The predicted octanol–water partition coefficient (Wildman–Crippen LogP) is -0.281. The monoisotopic (exact) mass is 316 g/mol. The molecule has 116 valence electrons. The van der Waals surface area contributed by atoms with Crippen molar-refractivity contribution in [2.75, 3.05) is 11.5 Å². The quantitative estimate of drug-likeness (QED) is 0.795. The Hall–Kier alpha value is -1.61. The van der Waals surface area contributed by atoms with Crippen molar-refractivity contribution in [1.29, 1.82) is 0 Å². The highest BCUT2D eigenvalue weighted by molar-refractivity contribution is 7.99. The van der Waals surface area contributed by atoms with Gasteiger partial charge in [0.15, 0.2) is 11.6 Å². The molecule has 1 saturated heterocycles. The number of anilines is 1. The highest BCUT2D eigenvalue weighted by Gasteiger charge is 2.30. The van der Waals surface area contributed by atoms with Crippen LogP contribution >= 0.6 is 11.8 Å². The lowest BCUT2D eigenvalue weighted by Gasteiger charge is -2.20.